The van der Waals surface area contributed by atoms with Crippen LogP contribution in [-0.4, -0.2) is 35.5 Å². The van der Waals surface area contributed by atoms with Crippen molar-refractivity contribution in [1.29, 1.82) is 0 Å². The van der Waals surface area contributed by atoms with Crippen LogP contribution in [-0.2, 0) is 20.7 Å². The second kappa shape index (κ2) is 9.39. The summed E-state index contributed by atoms with van der Waals surface area (Å²) in [5, 5.41) is 6.13. The van der Waals surface area contributed by atoms with Crippen molar-refractivity contribution in [3.63, 3.8) is 0 Å². The first-order chi connectivity index (χ1) is 13.5. The minimum atomic E-state index is -0.624. The third kappa shape index (κ3) is 5.34. The van der Waals surface area contributed by atoms with Crippen LogP contribution in [0.1, 0.15) is 44.6 Å². The van der Waals surface area contributed by atoms with Crippen LogP contribution in [0.15, 0.2) is 30.5 Å². The lowest BCUT2D eigenvalue weighted by atomic mass is 9.86. The maximum atomic E-state index is 11.9. The third-order valence-corrected chi connectivity index (χ3v) is 5.32. The van der Waals surface area contributed by atoms with Crippen molar-refractivity contribution in [1.82, 2.24) is 15.6 Å². The molecular weight excluding hydrogens is 358 g/mol. The molecule has 0 aliphatic heterocycles. The quantitative estimate of drug-likeness (QED) is 0.665. The van der Waals surface area contributed by atoms with Gasteiger partial charge in [0.15, 0.2) is 6.61 Å². The molecule has 0 bridgehead atoms. The molecule has 3 rings (SSSR count). The highest BCUT2D eigenvalue weighted by molar-refractivity contribution is 5.95. The van der Waals surface area contributed by atoms with Gasteiger partial charge in [-0.05, 0) is 36.8 Å². The number of carbonyl (C=O) groups is 3. The van der Waals surface area contributed by atoms with Crippen LogP contribution < -0.4 is 10.6 Å². The Morgan fingerprint density at radius 3 is 2.79 bits per heavy atom. The van der Waals surface area contributed by atoms with Crippen LogP contribution in [0.3, 0.4) is 0 Å². The molecule has 1 heterocycles. The Balaban J connectivity index is 1.36. The predicted molar refractivity (Wildman–Crippen MR) is 106 cm³/mol. The fourth-order valence-electron chi connectivity index (χ4n) is 3.69. The number of hydrogen-bond acceptors (Lipinski definition) is 4. The lowest BCUT2D eigenvalue weighted by Gasteiger charge is -2.29. The number of imide groups is 1. The minimum absolute atomic E-state index is 0.0836. The molecule has 1 aliphatic carbocycles. The van der Waals surface area contributed by atoms with Crippen LogP contribution in [0.25, 0.3) is 10.9 Å². The van der Waals surface area contributed by atoms with Crippen molar-refractivity contribution in [3.8, 4) is 0 Å². The van der Waals surface area contributed by atoms with Crippen LogP contribution in [0.2, 0.25) is 0 Å². The molecule has 1 aromatic heterocycles. The van der Waals surface area contributed by atoms with E-state index in [1.165, 1.54) is 6.42 Å². The van der Waals surface area contributed by atoms with Crippen molar-refractivity contribution in [2.24, 2.45) is 5.92 Å². The average molecular weight is 385 g/mol. The largest absolute Gasteiger partial charge is 0.456 e. The van der Waals surface area contributed by atoms with E-state index in [0.29, 0.717) is 12.3 Å². The second-order valence-electron chi connectivity index (χ2n) is 7.41. The number of carbonyl (C=O) groups excluding carboxylic acids is 3. The van der Waals surface area contributed by atoms with Gasteiger partial charge in [-0.2, -0.15) is 0 Å². The standard InChI is InChI=1S/C21H27N3O4/c1-14-6-2-4-8-17(14)23-21(27)24-19(25)13-28-20(26)11-10-15-12-22-18-9-5-3-7-16(15)18/h3,5,7,9,12,14,17,22H,2,4,6,8,10-11,13H2,1H3,(H2,23,24,25,27)/t14-,17+/m1/s1. The number of aromatic nitrogens is 1. The molecule has 1 aromatic carbocycles. The van der Waals surface area contributed by atoms with Gasteiger partial charge in [-0.15, -0.1) is 0 Å². The van der Waals surface area contributed by atoms with Gasteiger partial charge >= 0.3 is 12.0 Å². The Bertz CT molecular complexity index is 845. The normalized spacial score (nSPS) is 19.2. The zero-order valence-electron chi connectivity index (χ0n) is 16.1. The van der Waals surface area contributed by atoms with E-state index in [4.69, 9.17) is 4.74 Å². The summed E-state index contributed by atoms with van der Waals surface area (Å²) >= 11 is 0. The fourth-order valence-corrected chi connectivity index (χ4v) is 3.69. The zero-order valence-corrected chi connectivity index (χ0v) is 16.1. The Labute approximate surface area is 164 Å². The summed E-state index contributed by atoms with van der Waals surface area (Å²) in [6, 6.07) is 7.41. The van der Waals surface area contributed by atoms with Gasteiger partial charge in [-0.1, -0.05) is 38.0 Å². The number of rotatable bonds is 6. The zero-order chi connectivity index (χ0) is 19.9. The summed E-state index contributed by atoms with van der Waals surface area (Å²) in [7, 11) is 0. The van der Waals surface area contributed by atoms with Gasteiger partial charge in [0.1, 0.15) is 0 Å². The van der Waals surface area contributed by atoms with Gasteiger partial charge in [-0.3, -0.25) is 14.9 Å². The van der Waals surface area contributed by atoms with Crippen LogP contribution in [0.4, 0.5) is 4.79 Å². The number of aromatic amines is 1. The number of amides is 3. The number of fused-ring (bicyclic) bond motifs is 1. The summed E-state index contributed by atoms with van der Waals surface area (Å²) in [5.74, 6) is -0.694. The highest BCUT2D eigenvalue weighted by Gasteiger charge is 2.23. The van der Waals surface area contributed by atoms with E-state index in [1.54, 1.807) is 0 Å². The molecule has 7 heteroatoms. The highest BCUT2D eigenvalue weighted by atomic mass is 16.5. The number of urea groups is 1. The summed E-state index contributed by atoms with van der Waals surface area (Å²) < 4.78 is 4.98. The Morgan fingerprint density at radius 1 is 1.18 bits per heavy atom. The number of para-hydroxylation sites is 1. The van der Waals surface area contributed by atoms with E-state index in [9.17, 15) is 14.4 Å². The van der Waals surface area contributed by atoms with Gasteiger partial charge in [0.2, 0.25) is 0 Å². The van der Waals surface area contributed by atoms with Crippen molar-refractivity contribution >= 4 is 28.8 Å². The summed E-state index contributed by atoms with van der Waals surface area (Å²) in [5.41, 5.74) is 2.04. The number of esters is 1. The van der Waals surface area contributed by atoms with E-state index in [-0.39, 0.29) is 12.5 Å². The summed E-state index contributed by atoms with van der Waals surface area (Å²) in [6.07, 6.45) is 6.82. The van der Waals surface area contributed by atoms with E-state index >= 15 is 0 Å². The summed E-state index contributed by atoms with van der Waals surface area (Å²) in [6.45, 7) is 1.64. The molecule has 2 atom stereocenters. The smallest absolute Gasteiger partial charge is 0.321 e. The molecule has 3 N–H and O–H groups in total. The maximum Gasteiger partial charge on any atom is 0.321 e. The van der Waals surface area contributed by atoms with Gasteiger partial charge in [0, 0.05) is 29.6 Å². The Morgan fingerprint density at radius 2 is 1.96 bits per heavy atom. The molecule has 7 nitrogen and oxygen atoms in total. The third-order valence-electron chi connectivity index (χ3n) is 5.32. The van der Waals surface area contributed by atoms with E-state index < -0.39 is 24.5 Å². The molecular formula is C21H27N3O4. The van der Waals surface area contributed by atoms with E-state index in [2.05, 4.69) is 22.5 Å². The number of aryl methyl sites for hydroxylation is 1. The lowest BCUT2D eigenvalue weighted by Crippen LogP contribution is -2.48. The minimum Gasteiger partial charge on any atom is -0.456 e. The molecule has 1 saturated carbocycles. The molecule has 1 aliphatic rings. The van der Waals surface area contributed by atoms with Crippen molar-refractivity contribution in [3.05, 3.63) is 36.0 Å². The predicted octanol–water partition coefficient (Wildman–Crippen LogP) is 3.05. The van der Waals surface area contributed by atoms with Crippen molar-refractivity contribution in [2.45, 2.75) is 51.5 Å². The number of ether oxygens (including phenoxy) is 1. The molecule has 150 valence electrons. The molecule has 3 amide bonds. The van der Waals surface area contributed by atoms with Crippen LogP contribution >= 0.6 is 0 Å². The maximum absolute atomic E-state index is 11.9. The van der Waals surface area contributed by atoms with Gasteiger partial charge in [-0.25, -0.2) is 4.79 Å². The molecule has 0 spiro atoms. The topological polar surface area (TPSA) is 100 Å². The van der Waals surface area contributed by atoms with E-state index in [0.717, 1.165) is 35.7 Å². The van der Waals surface area contributed by atoms with Crippen molar-refractivity contribution < 1.29 is 19.1 Å². The average Bonchev–Trinajstić information content (AvgIpc) is 3.10. The van der Waals surface area contributed by atoms with Crippen molar-refractivity contribution in [2.75, 3.05) is 6.61 Å². The first kappa shape index (κ1) is 19.9. The van der Waals surface area contributed by atoms with Gasteiger partial charge < -0.3 is 15.0 Å². The number of benzene rings is 1. The first-order valence-corrected chi connectivity index (χ1v) is 9.84. The molecule has 0 unspecified atom stereocenters. The second-order valence-corrected chi connectivity index (χ2v) is 7.41. The molecule has 2 aromatic rings. The lowest BCUT2D eigenvalue weighted by molar-refractivity contribution is -0.148. The SMILES string of the molecule is C[C@@H]1CCCC[C@@H]1NC(=O)NC(=O)COC(=O)CCc1c[nH]c2ccccc12. The Hall–Kier alpha value is -2.83. The van der Waals surface area contributed by atoms with E-state index in [1.807, 2.05) is 30.5 Å². The van der Waals surface area contributed by atoms with Gasteiger partial charge in [0.05, 0.1) is 0 Å². The molecule has 0 saturated heterocycles. The molecule has 1 fully saturated rings. The first-order valence-electron chi connectivity index (χ1n) is 9.84. The monoisotopic (exact) mass is 385 g/mol. The molecule has 28 heavy (non-hydrogen) atoms. The fraction of sp³-hybridized carbons (Fsp3) is 0.476. The summed E-state index contributed by atoms with van der Waals surface area (Å²) in [4.78, 5) is 38.8. The van der Waals surface area contributed by atoms with Crippen LogP contribution in [0.5, 0.6) is 0 Å². The number of nitrogens with one attached hydrogen (secondary N) is 3. The molecule has 0 radical (unpaired) electrons. The van der Waals surface area contributed by atoms with Gasteiger partial charge in [0.25, 0.3) is 5.91 Å². The highest BCUT2D eigenvalue weighted by Crippen LogP contribution is 2.23. The number of H-pyrrole nitrogens is 1. The Kier molecular flexibility index (Phi) is 6.68. The van der Waals surface area contributed by atoms with Crippen LogP contribution in [0, 0.1) is 5.92 Å². The number of hydrogen-bond donors (Lipinski definition) is 3.